The molecule has 0 spiro atoms. The van der Waals surface area contributed by atoms with Gasteiger partial charge in [0.25, 0.3) is 5.91 Å². The first-order valence-corrected chi connectivity index (χ1v) is 12.5. The second-order valence-electron chi connectivity index (χ2n) is 10.1. The third-order valence-corrected chi connectivity index (χ3v) is 7.13. The quantitative estimate of drug-likeness (QED) is 0.395. The first-order chi connectivity index (χ1) is 19.1. The highest BCUT2D eigenvalue weighted by Crippen LogP contribution is 2.44. The summed E-state index contributed by atoms with van der Waals surface area (Å²) in [5.74, 6) is -6.03. The number of likely N-dealkylation sites (tertiary alicyclic amines) is 1. The standard InChI is InChI=1S/C26H29N3O5.C2HF3O2/c1-16-10-12-18(13-11-16)22(30)28(3)15-19-20-21(26(2,27-19)25(33)34-4)24(32)29(23(20)31)14-17-8-6-5-7-9-17;3-2(4,5)1(6)7/h5-13,19-21,27H,14-15H2,1-4H3;(H,6,7)/t19-,20+,21-,26-;/m1./s1. The topological polar surface area (TPSA) is 133 Å². The average Bonchev–Trinajstić information content (AvgIpc) is 3.36. The maximum Gasteiger partial charge on any atom is 0.490 e. The third-order valence-electron chi connectivity index (χ3n) is 7.13. The lowest BCUT2D eigenvalue weighted by Gasteiger charge is -2.30. The summed E-state index contributed by atoms with van der Waals surface area (Å²) >= 11 is 0. The zero-order valence-corrected chi connectivity index (χ0v) is 22.8. The monoisotopic (exact) mass is 577 g/mol. The number of aliphatic carboxylic acids is 1. The highest BCUT2D eigenvalue weighted by atomic mass is 19.4. The predicted octanol–water partition coefficient (Wildman–Crippen LogP) is 2.41. The summed E-state index contributed by atoms with van der Waals surface area (Å²) < 4.78 is 36.7. The molecule has 2 heterocycles. The van der Waals surface area contributed by atoms with Crippen molar-refractivity contribution in [2.24, 2.45) is 11.8 Å². The van der Waals surface area contributed by atoms with E-state index in [9.17, 15) is 32.3 Å². The molecule has 0 unspecified atom stereocenters. The second kappa shape index (κ2) is 12.1. The Bertz CT molecular complexity index is 1320. The highest BCUT2D eigenvalue weighted by molar-refractivity contribution is 6.09. The number of nitrogens with zero attached hydrogens (tertiary/aromatic N) is 2. The first kappa shape index (κ1) is 31.3. The summed E-state index contributed by atoms with van der Waals surface area (Å²) in [4.78, 5) is 64.3. The zero-order chi connectivity index (χ0) is 30.7. The van der Waals surface area contributed by atoms with Gasteiger partial charge in [0.15, 0.2) is 0 Å². The molecule has 4 atom stereocenters. The Hall–Kier alpha value is -4.26. The minimum Gasteiger partial charge on any atom is -0.475 e. The van der Waals surface area contributed by atoms with Crippen LogP contribution in [0.4, 0.5) is 13.2 Å². The van der Waals surface area contributed by atoms with E-state index in [0.29, 0.717) is 5.56 Å². The molecular weight excluding hydrogens is 547 g/mol. The number of hydrogen-bond donors (Lipinski definition) is 2. The van der Waals surface area contributed by atoms with E-state index in [-0.39, 0.29) is 24.9 Å². The minimum atomic E-state index is -5.08. The van der Waals surface area contributed by atoms with Gasteiger partial charge in [-0.05, 0) is 31.5 Å². The number of hydrogen-bond acceptors (Lipinski definition) is 7. The van der Waals surface area contributed by atoms with Crippen LogP contribution in [0.2, 0.25) is 0 Å². The fourth-order valence-corrected chi connectivity index (χ4v) is 5.10. The third kappa shape index (κ3) is 6.56. The lowest BCUT2D eigenvalue weighted by Crippen LogP contribution is -2.56. The summed E-state index contributed by atoms with van der Waals surface area (Å²) in [5, 5.41) is 10.3. The molecule has 2 aromatic rings. The van der Waals surface area contributed by atoms with Gasteiger partial charge in [-0.1, -0.05) is 48.0 Å². The van der Waals surface area contributed by atoms with Crippen LogP contribution in [-0.4, -0.2) is 83.0 Å². The van der Waals surface area contributed by atoms with Gasteiger partial charge >= 0.3 is 18.1 Å². The molecule has 2 saturated heterocycles. The number of carbonyl (C=O) groups excluding carboxylic acids is 4. The molecule has 2 N–H and O–H groups in total. The van der Waals surface area contributed by atoms with Crippen molar-refractivity contribution in [1.29, 1.82) is 0 Å². The minimum absolute atomic E-state index is 0.133. The number of alkyl halides is 3. The van der Waals surface area contributed by atoms with Crippen LogP contribution in [0.15, 0.2) is 54.6 Å². The van der Waals surface area contributed by atoms with E-state index in [1.54, 1.807) is 26.1 Å². The number of aryl methyl sites for hydroxylation is 1. The number of ether oxygens (including phenoxy) is 1. The lowest BCUT2D eigenvalue weighted by atomic mass is 9.81. The average molecular weight is 578 g/mol. The van der Waals surface area contributed by atoms with Crippen molar-refractivity contribution >= 4 is 29.7 Å². The molecule has 220 valence electrons. The number of amides is 3. The molecule has 3 amide bonds. The smallest absolute Gasteiger partial charge is 0.475 e. The number of benzene rings is 2. The fourth-order valence-electron chi connectivity index (χ4n) is 5.10. The molecule has 2 aliphatic heterocycles. The van der Waals surface area contributed by atoms with E-state index in [4.69, 9.17) is 14.6 Å². The lowest BCUT2D eigenvalue weighted by molar-refractivity contribution is -0.192. The molecule has 2 fully saturated rings. The number of fused-ring (bicyclic) bond motifs is 1. The van der Waals surface area contributed by atoms with E-state index in [1.165, 1.54) is 16.9 Å². The van der Waals surface area contributed by atoms with Gasteiger partial charge in [0.2, 0.25) is 11.8 Å². The molecule has 2 aromatic carbocycles. The number of rotatable bonds is 6. The highest BCUT2D eigenvalue weighted by Gasteiger charge is 2.66. The Morgan fingerprint density at radius 2 is 1.61 bits per heavy atom. The van der Waals surface area contributed by atoms with Crippen molar-refractivity contribution in [3.8, 4) is 0 Å². The number of carboxylic acid groups (broad SMARTS) is 1. The van der Waals surface area contributed by atoms with Crippen molar-refractivity contribution < 1.29 is 47.0 Å². The largest absolute Gasteiger partial charge is 0.490 e. The molecule has 13 heteroatoms. The van der Waals surface area contributed by atoms with Crippen LogP contribution < -0.4 is 5.32 Å². The Kier molecular flexibility index (Phi) is 9.22. The molecule has 0 aromatic heterocycles. The Labute approximate surface area is 234 Å². The normalized spacial score (nSPS) is 23.4. The summed E-state index contributed by atoms with van der Waals surface area (Å²) in [6.45, 7) is 3.82. The van der Waals surface area contributed by atoms with Gasteiger partial charge in [-0.3, -0.25) is 29.4 Å². The predicted molar refractivity (Wildman–Crippen MR) is 138 cm³/mol. The van der Waals surface area contributed by atoms with Crippen LogP contribution in [0, 0.1) is 18.8 Å². The molecule has 0 bridgehead atoms. The van der Waals surface area contributed by atoms with Crippen molar-refractivity contribution in [2.75, 3.05) is 20.7 Å². The van der Waals surface area contributed by atoms with E-state index < -0.39 is 47.4 Å². The Morgan fingerprint density at radius 1 is 1.05 bits per heavy atom. The number of methoxy groups -OCH3 is 1. The number of likely N-dealkylation sites (N-methyl/N-ethyl adjacent to an activating group) is 1. The van der Waals surface area contributed by atoms with E-state index in [2.05, 4.69) is 5.32 Å². The molecule has 2 aliphatic rings. The van der Waals surface area contributed by atoms with Crippen LogP contribution in [0.1, 0.15) is 28.4 Å². The number of esters is 1. The van der Waals surface area contributed by atoms with Crippen LogP contribution in [0.5, 0.6) is 0 Å². The maximum atomic E-state index is 13.5. The van der Waals surface area contributed by atoms with Crippen LogP contribution in [0.3, 0.4) is 0 Å². The summed E-state index contributed by atoms with van der Waals surface area (Å²) in [6.07, 6.45) is -5.08. The van der Waals surface area contributed by atoms with Gasteiger partial charge < -0.3 is 14.7 Å². The number of carbonyl (C=O) groups is 5. The van der Waals surface area contributed by atoms with E-state index in [1.807, 2.05) is 49.4 Å². The van der Waals surface area contributed by atoms with Gasteiger partial charge in [-0.2, -0.15) is 13.2 Å². The number of halogens is 3. The first-order valence-electron chi connectivity index (χ1n) is 12.5. The molecule has 41 heavy (non-hydrogen) atoms. The number of carboxylic acids is 1. The molecule has 0 saturated carbocycles. The van der Waals surface area contributed by atoms with Gasteiger partial charge in [0.1, 0.15) is 5.54 Å². The van der Waals surface area contributed by atoms with Gasteiger partial charge in [0.05, 0.1) is 25.5 Å². The van der Waals surface area contributed by atoms with Crippen molar-refractivity contribution in [1.82, 2.24) is 15.1 Å². The molecule has 0 aliphatic carbocycles. The van der Waals surface area contributed by atoms with Crippen molar-refractivity contribution in [3.63, 3.8) is 0 Å². The van der Waals surface area contributed by atoms with Crippen LogP contribution >= 0.6 is 0 Å². The number of nitrogens with one attached hydrogen (secondary N) is 1. The van der Waals surface area contributed by atoms with Crippen molar-refractivity contribution in [3.05, 3.63) is 71.3 Å². The van der Waals surface area contributed by atoms with E-state index >= 15 is 0 Å². The Balaban J connectivity index is 0.000000587. The van der Waals surface area contributed by atoms with Gasteiger partial charge in [0, 0.05) is 25.2 Å². The van der Waals surface area contributed by atoms with Crippen LogP contribution in [-0.2, 0) is 30.5 Å². The fraction of sp³-hybridized carbons (Fsp3) is 0.393. The van der Waals surface area contributed by atoms with Gasteiger partial charge in [-0.25, -0.2) is 4.79 Å². The second-order valence-corrected chi connectivity index (χ2v) is 10.1. The molecule has 4 rings (SSSR count). The zero-order valence-electron chi connectivity index (χ0n) is 22.8. The maximum absolute atomic E-state index is 13.5. The Morgan fingerprint density at radius 3 is 2.12 bits per heavy atom. The number of imide groups is 1. The summed E-state index contributed by atoms with van der Waals surface area (Å²) in [5.41, 5.74) is 1.01. The van der Waals surface area contributed by atoms with Gasteiger partial charge in [-0.15, -0.1) is 0 Å². The van der Waals surface area contributed by atoms with Crippen LogP contribution in [0.25, 0.3) is 0 Å². The molecular formula is C28H30F3N3O7. The van der Waals surface area contributed by atoms with E-state index in [0.717, 1.165) is 11.1 Å². The molecule has 0 radical (unpaired) electrons. The van der Waals surface area contributed by atoms with Crippen molar-refractivity contribution in [2.45, 2.75) is 38.1 Å². The summed E-state index contributed by atoms with van der Waals surface area (Å²) in [6, 6.07) is 15.9. The SMILES string of the molecule is COC(=O)[C@]1(C)N[C@H](CN(C)C(=O)c2ccc(C)cc2)[C@@H]2C(=O)N(Cc3ccccc3)C(=O)[C@@H]21.O=C(O)C(F)(F)F. The summed E-state index contributed by atoms with van der Waals surface area (Å²) in [7, 11) is 2.91. The molecule has 10 nitrogen and oxygen atoms in total.